The van der Waals surface area contributed by atoms with Crippen molar-refractivity contribution < 1.29 is 8.78 Å². The molecule has 0 bridgehead atoms. The van der Waals surface area contributed by atoms with Gasteiger partial charge in [-0.05, 0) is 36.1 Å². The molecule has 0 spiro atoms. The van der Waals surface area contributed by atoms with E-state index in [0.29, 0.717) is 11.1 Å². The Labute approximate surface area is 103 Å². The molecule has 0 saturated carbocycles. The number of anilines is 1. The Morgan fingerprint density at radius 1 is 1.28 bits per heavy atom. The van der Waals surface area contributed by atoms with Crippen molar-refractivity contribution in [3.8, 4) is 11.1 Å². The number of nitrogens with one attached hydrogen (secondary N) is 2. The lowest BCUT2D eigenvalue weighted by molar-refractivity contribution is 0.152. The van der Waals surface area contributed by atoms with E-state index in [0.717, 1.165) is 30.6 Å². The molecule has 1 aliphatic rings. The van der Waals surface area contributed by atoms with Crippen molar-refractivity contribution in [2.75, 3.05) is 11.9 Å². The van der Waals surface area contributed by atoms with Gasteiger partial charge < -0.3 is 5.32 Å². The second-order valence-corrected chi connectivity index (χ2v) is 4.41. The number of halogens is 2. The topological polar surface area (TPSA) is 40.7 Å². The van der Waals surface area contributed by atoms with Gasteiger partial charge >= 0.3 is 0 Å². The van der Waals surface area contributed by atoms with E-state index < -0.39 is 6.43 Å². The summed E-state index contributed by atoms with van der Waals surface area (Å²) >= 11 is 0. The van der Waals surface area contributed by atoms with Gasteiger partial charge in [0.05, 0.1) is 6.20 Å². The zero-order chi connectivity index (χ0) is 12.5. The molecule has 1 aromatic carbocycles. The predicted molar refractivity (Wildman–Crippen MR) is 65.8 cm³/mol. The largest absolute Gasteiger partial charge is 0.385 e. The maximum Gasteiger partial charge on any atom is 0.264 e. The van der Waals surface area contributed by atoms with Crippen LogP contribution in [0.1, 0.15) is 24.0 Å². The number of hydrogen-bond donors (Lipinski definition) is 2. The molecular formula is C13H13F2N3. The lowest BCUT2D eigenvalue weighted by Crippen LogP contribution is -2.12. The lowest BCUT2D eigenvalue weighted by Gasteiger charge is -2.21. The molecule has 0 aliphatic carbocycles. The van der Waals surface area contributed by atoms with E-state index >= 15 is 0 Å². The summed E-state index contributed by atoms with van der Waals surface area (Å²) in [5.74, 6) is 0. The van der Waals surface area contributed by atoms with Gasteiger partial charge in [0.15, 0.2) is 0 Å². The molecule has 5 heteroatoms. The van der Waals surface area contributed by atoms with Crippen LogP contribution in [-0.2, 0) is 6.42 Å². The molecule has 0 atom stereocenters. The Bertz CT molecular complexity index is 550. The summed E-state index contributed by atoms with van der Waals surface area (Å²) in [7, 11) is 0. The summed E-state index contributed by atoms with van der Waals surface area (Å²) in [4.78, 5) is 0. The summed E-state index contributed by atoms with van der Waals surface area (Å²) in [5, 5.41) is 9.66. The van der Waals surface area contributed by atoms with E-state index in [-0.39, 0.29) is 5.56 Å². The zero-order valence-electron chi connectivity index (χ0n) is 9.71. The van der Waals surface area contributed by atoms with E-state index in [1.165, 1.54) is 0 Å². The van der Waals surface area contributed by atoms with Gasteiger partial charge in [0.2, 0.25) is 0 Å². The van der Waals surface area contributed by atoms with Crippen LogP contribution >= 0.6 is 0 Å². The molecule has 3 rings (SSSR count). The number of aromatic nitrogens is 2. The van der Waals surface area contributed by atoms with Crippen molar-refractivity contribution in [1.82, 2.24) is 10.2 Å². The van der Waals surface area contributed by atoms with Crippen LogP contribution < -0.4 is 5.32 Å². The predicted octanol–water partition coefficient (Wildman–Crippen LogP) is 3.37. The fourth-order valence-corrected chi connectivity index (χ4v) is 2.36. The highest BCUT2D eigenvalue weighted by Gasteiger charge is 2.19. The number of hydrogen-bond acceptors (Lipinski definition) is 2. The van der Waals surface area contributed by atoms with Crippen molar-refractivity contribution in [2.24, 2.45) is 0 Å². The maximum absolute atomic E-state index is 13.1. The van der Waals surface area contributed by atoms with E-state index in [9.17, 15) is 8.78 Å². The standard InChI is InChI=1S/C13H13F2N3/c14-13(15)11-5-12-8(2-1-3-16-12)4-10(11)9-6-17-18-7-9/h4-7,13,16H,1-3H2,(H,17,18). The summed E-state index contributed by atoms with van der Waals surface area (Å²) in [6.45, 7) is 0.848. The monoisotopic (exact) mass is 249 g/mol. The third-order valence-electron chi connectivity index (χ3n) is 3.26. The summed E-state index contributed by atoms with van der Waals surface area (Å²) in [6.07, 6.45) is 2.69. The van der Waals surface area contributed by atoms with Crippen molar-refractivity contribution >= 4 is 5.69 Å². The van der Waals surface area contributed by atoms with Gasteiger partial charge in [0.25, 0.3) is 6.43 Å². The summed E-state index contributed by atoms with van der Waals surface area (Å²) in [5.41, 5.74) is 3.27. The quantitative estimate of drug-likeness (QED) is 0.856. The van der Waals surface area contributed by atoms with Crippen LogP contribution in [0.25, 0.3) is 11.1 Å². The zero-order valence-corrected chi connectivity index (χ0v) is 9.71. The van der Waals surface area contributed by atoms with Crippen LogP contribution in [0.5, 0.6) is 0 Å². The molecule has 1 aromatic heterocycles. The van der Waals surface area contributed by atoms with Crippen molar-refractivity contribution in [3.63, 3.8) is 0 Å². The first-order chi connectivity index (χ1) is 8.75. The number of aromatic amines is 1. The molecule has 0 radical (unpaired) electrons. The Balaban J connectivity index is 2.16. The number of alkyl halides is 2. The van der Waals surface area contributed by atoms with Crippen molar-refractivity contribution in [2.45, 2.75) is 19.3 Å². The number of rotatable bonds is 2. The van der Waals surface area contributed by atoms with Crippen molar-refractivity contribution in [1.29, 1.82) is 0 Å². The van der Waals surface area contributed by atoms with Gasteiger partial charge in [-0.25, -0.2) is 8.78 Å². The Kier molecular flexibility index (Phi) is 2.74. The van der Waals surface area contributed by atoms with Gasteiger partial charge in [-0.1, -0.05) is 0 Å². The number of benzene rings is 1. The Morgan fingerprint density at radius 2 is 2.17 bits per heavy atom. The average Bonchev–Trinajstić information content (AvgIpc) is 2.91. The molecule has 94 valence electrons. The fourth-order valence-electron chi connectivity index (χ4n) is 2.36. The van der Waals surface area contributed by atoms with E-state index in [1.54, 1.807) is 18.5 Å². The van der Waals surface area contributed by atoms with Crippen LogP contribution in [0, 0.1) is 0 Å². The minimum Gasteiger partial charge on any atom is -0.385 e. The highest BCUT2D eigenvalue weighted by molar-refractivity contribution is 5.72. The highest BCUT2D eigenvalue weighted by Crippen LogP contribution is 2.36. The molecular weight excluding hydrogens is 236 g/mol. The van der Waals surface area contributed by atoms with Crippen LogP contribution in [-0.4, -0.2) is 16.7 Å². The Morgan fingerprint density at radius 3 is 2.89 bits per heavy atom. The molecule has 2 heterocycles. The molecule has 2 aromatic rings. The first-order valence-electron chi connectivity index (χ1n) is 5.93. The van der Waals surface area contributed by atoms with Gasteiger partial charge in [-0.3, -0.25) is 5.10 Å². The third-order valence-corrected chi connectivity index (χ3v) is 3.26. The van der Waals surface area contributed by atoms with Crippen LogP contribution in [0.4, 0.5) is 14.5 Å². The number of H-pyrrole nitrogens is 1. The third kappa shape index (κ3) is 1.85. The molecule has 0 unspecified atom stereocenters. The molecule has 0 saturated heterocycles. The molecule has 1 aliphatic heterocycles. The van der Waals surface area contributed by atoms with Gasteiger partial charge in [-0.15, -0.1) is 0 Å². The van der Waals surface area contributed by atoms with E-state index in [4.69, 9.17) is 0 Å². The van der Waals surface area contributed by atoms with E-state index in [1.807, 2.05) is 6.07 Å². The Hall–Kier alpha value is -1.91. The van der Waals surface area contributed by atoms with Crippen LogP contribution in [0.2, 0.25) is 0 Å². The average molecular weight is 249 g/mol. The highest BCUT2D eigenvalue weighted by atomic mass is 19.3. The second-order valence-electron chi connectivity index (χ2n) is 4.41. The first-order valence-corrected chi connectivity index (χ1v) is 5.93. The van der Waals surface area contributed by atoms with E-state index in [2.05, 4.69) is 15.5 Å². The molecule has 0 amide bonds. The van der Waals surface area contributed by atoms with Crippen LogP contribution in [0.3, 0.4) is 0 Å². The van der Waals surface area contributed by atoms with Crippen molar-refractivity contribution in [3.05, 3.63) is 35.7 Å². The number of nitrogens with zero attached hydrogens (tertiary/aromatic N) is 1. The molecule has 0 fully saturated rings. The molecule has 18 heavy (non-hydrogen) atoms. The maximum atomic E-state index is 13.1. The smallest absolute Gasteiger partial charge is 0.264 e. The summed E-state index contributed by atoms with van der Waals surface area (Å²) in [6, 6.07) is 3.43. The summed E-state index contributed by atoms with van der Waals surface area (Å²) < 4.78 is 26.3. The fraction of sp³-hybridized carbons (Fsp3) is 0.308. The lowest BCUT2D eigenvalue weighted by atomic mass is 9.94. The van der Waals surface area contributed by atoms with Crippen LogP contribution in [0.15, 0.2) is 24.5 Å². The normalized spacial score (nSPS) is 14.4. The minimum absolute atomic E-state index is 0.0598. The second kappa shape index (κ2) is 4.40. The number of aryl methyl sites for hydroxylation is 1. The first kappa shape index (κ1) is 11.2. The molecule has 2 N–H and O–H groups in total. The SMILES string of the molecule is FC(F)c1cc2c(cc1-c1cn[nH]c1)CCCN2. The molecule has 3 nitrogen and oxygen atoms in total. The van der Waals surface area contributed by atoms with Gasteiger partial charge in [0.1, 0.15) is 0 Å². The van der Waals surface area contributed by atoms with Gasteiger partial charge in [-0.2, -0.15) is 5.10 Å². The number of fused-ring (bicyclic) bond motifs is 1. The minimum atomic E-state index is -2.48. The van der Waals surface area contributed by atoms with Gasteiger partial charge in [0, 0.05) is 29.6 Å².